The normalized spacial score (nSPS) is 10.9. The van der Waals surface area contributed by atoms with Gasteiger partial charge >= 0.3 is 5.97 Å². The van der Waals surface area contributed by atoms with Crippen molar-refractivity contribution < 1.29 is 14.3 Å². The number of ether oxygens (including phenoxy) is 1. The molecule has 0 fully saturated rings. The van der Waals surface area contributed by atoms with Gasteiger partial charge in [0.2, 0.25) is 0 Å². The number of hydrogen-bond donors (Lipinski definition) is 1. The summed E-state index contributed by atoms with van der Waals surface area (Å²) >= 11 is 6.23. The van der Waals surface area contributed by atoms with Crippen LogP contribution in [0.5, 0.6) is 0 Å². The second kappa shape index (κ2) is 8.71. The van der Waals surface area contributed by atoms with Gasteiger partial charge in [0.15, 0.2) is 6.61 Å². The first-order chi connectivity index (χ1) is 14.2. The summed E-state index contributed by atoms with van der Waals surface area (Å²) in [6.07, 6.45) is 0. The van der Waals surface area contributed by atoms with Gasteiger partial charge in [0.05, 0.1) is 35.0 Å². The predicted octanol–water partition coefficient (Wildman–Crippen LogP) is 3.35. The number of carbonyl (C=O) groups is 2. The number of benzene rings is 1. The van der Waals surface area contributed by atoms with Gasteiger partial charge in [-0.3, -0.25) is 14.2 Å². The molecule has 0 bridgehead atoms. The molecule has 1 aromatic carbocycles. The number of halogens is 1. The molecule has 0 aliphatic heterocycles. The molecule has 0 spiro atoms. The highest BCUT2D eigenvalue weighted by Gasteiger charge is 2.22. The van der Waals surface area contributed by atoms with Crippen LogP contribution in [-0.4, -0.2) is 38.0 Å². The third-order valence-corrected chi connectivity index (χ3v) is 5.34. The number of rotatable bonds is 6. The fourth-order valence-electron chi connectivity index (χ4n) is 3.27. The van der Waals surface area contributed by atoms with E-state index in [0.717, 1.165) is 11.3 Å². The van der Waals surface area contributed by atoms with E-state index in [2.05, 4.69) is 15.5 Å². The van der Waals surface area contributed by atoms with E-state index in [1.54, 1.807) is 37.2 Å². The molecule has 1 amide bonds. The molecule has 0 aliphatic carbocycles. The van der Waals surface area contributed by atoms with E-state index in [0.29, 0.717) is 39.9 Å². The standard InChI is InChI=1S/C21H24ClN5O3/c1-12-19(14(3)27(25-12)10-16-8-6-7-9-17(16)22)21(29)30-11-18(28)23-20-13(2)24-26(5)15(20)4/h6-9H,10-11H2,1-5H3,(H,23,28). The van der Waals surface area contributed by atoms with Gasteiger partial charge in [-0.05, 0) is 39.3 Å². The molecule has 30 heavy (non-hydrogen) atoms. The highest BCUT2D eigenvalue weighted by Crippen LogP contribution is 2.21. The molecule has 0 atom stereocenters. The Bertz CT molecular complexity index is 1120. The number of nitrogens with one attached hydrogen (secondary N) is 1. The summed E-state index contributed by atoms with van der Waals surface area (Å²) in [6.45, 7) is 7.20. The Hall–Kier alpha value is -3.13. The summed E-state index contributed by atoms with van der Waals surface area (Å²) in [5.74, 6) is -1.02. The van der Waals surface area contributed by atoms with Gasteiger partial charge in [0.25, 0.3) is 5.91 Å². The number of esters is 1. The molecule has 0 unspecified atom stereocenters. The highest BCUT2D eigenvalue weighted by molar-refractivity contribution is 6.31. The average molecular weight is 430 g/mol. The number of amides is 1. The molecule has 3 aromatic rings. The van der Waals surface area contributed by atoms with E-state index < -0.39 is 18.5 Å². The number of aryl methyl sites for hydroxylation is 3. The first-order valence-electron chi connectivity index (χ1n) is 9.43. The van der Waals surface area contributed by atoms with Gasteiger partial charge < -0.3 is 10.1 Å². The summed E-state index contributed by atoms with van der Waals surface area (Å²) in [5, 5.41) is 12.1. The van der Waals surface area contributed by atoms with Crippen molar-refractivity contribution in [2.24, 2.45) is 7.05 Å². The second-order valence-electron chi connectivity index (χ2n) is 7.09. The fraction of sp³-hybridized carbons (Fsp3) is 0.333. The van der Waals surface area contributed by atoms with E-state index in [-0.39, 0.29) is 0 Å². The van der Waals surface area contributed by atoms with Crippen LogP contribution in [0.25, 0.3) is 0 Å². The second-order valence-corrected chi connectivity index (χ2v) is 7.50. The number of nitrogens with zero attached hydrogens (tertiary/aromatic N) is 4. The lowest BCUT2D eigenvalue weighted by atomic mass is 10.2. The van der Waals surface area contributed by atoms with Gasteiger partial charge in [0.1, 0.15) is 5.56 Å². The molecular weight excluding hydrogens is 406 g/mol. The van der Waals surface area contributed by atoms with Crippen LogP contribution in [0, 0.1) is 27.7 Å². The van der Waals surface area contributed by atoms with Gasteiger partial charge in [-0.2, -0.15) is 10.2 Å². The van der Waals surface area contributed by atoms with Gasteiger partial charge in [-0.1, -0.05) is 29.8 Å². The first-order valence-corrected chi connectivity index (χ1v) is 9.81. The van der Waals surface area contributed by atoms with Crippen molar-refractivity contribution in [2.45, 2.75) is 34.2 Å². The monoisotopic (exact) mass is 429 g/mol. The number of carbonyl (C=O) groups excluding carboxylic acids is 2. The number of anilines is 1. The summed E-state index contributed by atoms with van der Waals surface area (Å²) in [5.41, 5.74) is 4.57. The Kier molecular flexibility index (Phi) is 6.26. The molecule has 3 rings (SSSR count). The molecule has 0 aliphatic rings. The van der Waals surface area contributed by atoms with Gasteiger partial charge in [0, 0.05) is 12.1 Å². The predicted molar refractivity (Wildman–Crippen MR) is 114 cm³/mol. The molecule has 8 nitrogen and oxygen atoms in total. The van der Waals surface area contributed by atoms with Gasteiger partial charge in [-0.15, -0.1) is 0 Å². The molecule has 158 valence electrons. The lowest BCUT2D eigenvalue weighted by molar-refractivity contribution is -0.119. The maximum atomic E-state index is 12.6. The zero-order valence-corrected chi connectivity index (χ0v) is 18.4. The zero-order chi connectivity index (χ0) is 22.0. The number of hydrogen-bond acceptors (Lipinski definition) is 5. The topological polar surface area (TPSA) is 91.0 Å². The molecule has 0 radical (unpaired) electrons. The quantitative estimate of drug-likeness (QED) is 0.607. The Morgan fingerprint density at radius 1 is 1.07 bits per heavy atom. The Labute approximate surface area is 179 Å². The first kappa shape index (κ1) is 21.6. The van der Waals surface area contributed by atoms with Crippen molar-refractivity contribution >= 4 is 29.2 Å². The molecular formula is C21H24ClN5O3. The maximum absolute atomic E-state index is 12.6. The number of aromatic nitrogens is 4. The van der Waals surface area contributed by atoms with Crippen LogP contribution in [0.2, 0.25) is 5.02 Å². The van der Waals surface area contributed by atoms with E-state index in [1.165, 1.54) is 0 Å². The minimum absolute atomic E-state index is 0.351. The maximum Gasteiger partial charge on any atom is 0.342 e. The van der Waals surface area contributed by atoms with E-state index in [9.17, 15) is 9.59 Å². The molecule has 1 N–H and O–H groups in total. The van der Waals surface area contributed by atoms with Crippen molar-refractivity contribution in [1.29, 1.82) is 0 Å². The van der Waals surface area contributed by atoms with Crippen LogP contribution >= 0.6 is 11.6 Å². The summed E-state index contributed by atoms with van der Waals surface area (Å²) in [6, 6.07) is 7.47. The summed E-state index contributed by atoms with van der Waals surface area (Å²) in [7, 11) is 1.80. The smallest absolute Gasteiger partial charge is 0.342 e. The van der Waals surface area contributed by atoms with E-state index >= 15 is 0 Å². The molecule has 0 saturated carbocycles. The summed E-state index contributed by atoms with van der Waals surface area (Å²) in [4.78, 5) is 24.9. The fourth-order valence-corrected chi connectivity index (χ4v) is 3.46. The van der Waals surface area contributed by atoms with Crippen LogP contribution in [0.1, 0.15) is 38.7 Å². The molecule has 2 aromatic heterocycles. The SMILES string of the molecule is Cc1nn(C)c(C)c1NC(=O)COC(=O)c1c(C)nn(Cc2ccccc2Cl)c1C. The van der Waals surface area contributed by atoms with Crippen LogP contribution in [0.15, 0.2) is 24.3 Å². The zero-order valence-electron chi connectivity index (χ0n) is 17.6. The lowest BCUT2D eigenvalue weighted by Crippen LogP contribution is -2.22. The molecule has 2 heterocycles. The van der Waals surface area contributed by atoms with Crippen LogP contribution in [0.3, 0.4) is 0 Å². The van der Waals surface area contributed by atoms with Crippen LogP contribution in [-0.2, 0) is 23.1 Å². The molecule has 9 heteroatoms. The largest absolute Gasteiger partial charge is 0.452 e. The highest BCUT2D eigenvalue weighted by atomic mass is 35.5. The van der Waals surface area contributed by atoms with E-state index in [4.69, 9.17) is 16.3 Å². The lowest BCUT2D eigenvalue weighted by Gasteiger charge is -2.08. The third kappa shape index (κ3) is 4.38. The van der Waals surface area contributed by atoms with Crippen molar-refractivity contribution in [2.75, 3.05) is 11.9 Å². The van der Waals surface area contributed by atoms with Crippen LogP contribution in [0.4, 0.5) is 5.69 Å². The minimum atomic E-state index is -0.592. The summed E-state index contributed by atoms with van der Waals surface area (Å²) < 4.78 is 8.62. The Balaban J connectivity index is 1.67. The third-order valence-electron chi connectivity index (χ3n) is 4.97. The Morgan fingerprint density at radius 3 is 2.40 bits per heavy atom. The Morgan fingerprint density at radius 2 is 1.77 bits per heavy atom. The van der Waals surface area contributed by atoms with Crippen molar-refractivity contribution in [3.63, 3.8) is 0 Å². The van der Waals surface area contributed by atoms with Crippen LogP contribution < -0.4 is 5.32 Å². The van der Waals surface area contributed by atoms with E-state index in [1.807, 2.05) is 31.2 Å². The minimum Gasteiger partial charge on any atom is -0.452 e. The van der Waals surface area contributed by atoms with Crippen molar-refractivity contribution in [3.05, 3.63) is 63.2 Å². The molecule has 0 saturated heterocycles. The van der Waals surface area contributed by atoms with Crippen molar-refractivity contribution in [1.82, 2.24) is 19.6 Å². The average Bonchev–Trinajstić information content (AvgIpc) is 3.10. The van der Waals surface area contributed by atoms with Crippen molar-refractivity contribution in [3.8, 4) is 0 Å². The van der Waals surface area contributed by atoms with Gasteiger partial charge in [-0.25, -0.2) is 4.79 Å².